The van der Waals surface area contributed by atoms with Gasteiger partial charge < -0.3 is 10.1 Å². The van der Waals surface area contributed by atoms with Crippen molar-refractivity contribution in [1.29, 1.82) is 0 Å². The van der Waals surface area contributed by atoms with Crippen LogP contribution in [0, 0.1) is 6.92 Å². The number of nitrogens with one attached hydrogen (secondary N) is 1. The molecule has 0 spiro atoms. The van der Waals surface area contributed by atoms with Gasteiger partial charge in [-0.2, -0.15) is 13.2 Å². The van der Waals surface area contributed by atoms with Crippen LogP contribution in [0.2, 0.25) is 0 Å². The van der Waals surface area contributed by atoms with E-state index in [2.05, 4.69) is 10.3 Å². The van der Waals surface area contributed by atoms with Gasteiger partial charge in [-0.15, -0.1) is 0 Å². The molecule has 174 valence electrons. The van der Waals surface area contributed by atoms with Gasteiger partial charge in [0.1, 0.15) is 11.6 Å². The number of hydrogen-bond acceptors (Lipinski definition) is 4. The van der Waals surface area contributed by atoms with Gasteiger partial charge in [0.2, 0.25) is 0 Å². The van der Waals surface area contributed by atoms with Gasteiger partial charge >= 0.3 is 6.18 Å². The zero-order valence-corrected chi connectivity index (χ0v) is 18.3. The van der Waals surface area contributed by atoms with Gasteiger partial charge in [0, 0.05) is 5.69 Å². The van der Waals surface area contributed by atoms with Crippen molar-refractivity contribution in [2.75, 3.05) is 5.32 Å². The zero-order valence-electron chi connectivity index (χ0n) is 18.3. The van der Waals surface area contributed by atoms with Crippen LogP contribution < -0.4 is 15.6 Å². The maximum atomic E-state index is 12.9. The van der Waals surface area contributed by atoms with E-state index in [1.54, 1.807) is 49.4 Å². The van der Waals surface area contributed by atoms with Crippen LogP contribution in [0.15, 0.2) is 77.6 Å². The van der Waals surface area contributed by atoms with Crippen molar-refractivity contribution in [3.8, 4) is 11.4 Å². The van der Waals surface area contributed by atoms with Gasteiger partial charge in [-0.1, -0.05) is 18.2 Å². The summed E-state index contributed by atoms with van der Waals surface area (Å²) in [7, 11) is 0. The fourth-order valence-corrected chi connectivity index (χ4v) is 3.49. The summed E-state index contributed by atoms with van der Waals surface area (Å²) >= 11 is 0. The molecule has 34 heavy (non-hydrogen) atoms. The molecule has 1 unspecified atom stereocenters. The maximum Gasteiger partial charge on any atom is 0.416 e. The minimum atomic E-state index is -4.51. The summed E-state index contributed by atoms with van der Waals surface area (Å²) in [5, 5.41) is 3.15. The van der Waals surface area contributed by atoms with Crippen LogP contribution in [0.25, 0.3) is 16.6 Å². The molecule has 0 aliphatic carbocycles. The number of amides is 1. The average Bonchev–Trinajstić information content (AvgIpc) is 2.80. The lowest BCUT2D eigenvalue weighted by Crippen LogP contribution is -2.30. The number of halogens is 3. The number of hydrogen-bond donors (Lipinski definition) is 1. The number of rotatable bonds is 5. The largest absolute Gasteiger partial charge is 0.481 e. The van der Waals surface area contributed by atoms with Gasteiger partial charge in [-0.3, -0.25) is 14.2 Å². The molecule has 0 radical (unpaired) electrons. The van der Waals surface area contributed by atoms with Gasteiger partial charge in [-0.05, 0) is 68.4 Å². The van der Waals surface area contributed by atoms with Crippen molar-refractivity contribution in [3.63, 3.8) is 0 Å². The molecule has 1 N–H and O–H groups in total. The lowest BCUT2D eigenvalue weighted by Gasteiger charge is -2.16. The molecule has 0 saturated carbocycles. The van der Waals surface area contributed by atoms with E-state index in [0.717, 1.165) is 12.1 Å². The zero-order chi connectivity index (χ0) is 24.5. The highest BCUT2D eigenvalue weighted by molar-refractivity contribution is 5.94. The molecule has 0 bridgehead atoms. The average molecular weight is 467 g/mol. The molecule has 0 aliphatic rings. The first kappa shape index (κ1) is 23.0. The van der Waals surface area contributed by atoms with Crippen molar-refractivity contribution < 1.29 is 22.7 Å². The third kappa shape index (κ3) is 4.78. The summed E-state index contributed by atoms with van der Waals surface area (Å²) in [5.74, 6) is -0.0825. The van der Waals surface area contributed by atoms with Crippen molar-refractivity contribution in [1.82, 2.24) is 9.55 Å². The highest BCUT2D eigenvalue weighted by Crippen LogP contribution is 2.31. The topological polar surface area (TPSA) is 73.2 Å². The van der Waals surface area contributed by atoms with Crippen molar-refractivity contribution in [2.45, 2.75) is 26.1 Å². The van der Waals surface area contributed by atoms with Crippen molar-refractivity contribution in [3.05, 3.63) is 94.5 Å². The molecule has 6 nitrogen and oxygen atoms in total. The monoisotopic (exact) mass is 467 g/mol. The highest BCUT2D eigenvalue weighted by Gasteiger charge is 2.31. The number of alkyl halides is 3. The molecule has 1 aromatic heterocycles. The minimum Gasteiger partial charge on any atom is -0.481 e. The van der Waals surface area contributed by atoms with Crippen LogP contribution in [0.4, 0.5) is 18.9 Å². The normalized spacial score (nSPS) is 12.4. The molecule has 0 aliphatic heterocycles. The van der Waals surface area contributed by atoms with Gasteiger partial charge in [-0.25, -0.2) is 4.98 Å². The first-order valence-corrected chi connectivity index (χ1v) is 10.4. The van der Waals surface area contributed by atoms with Gasteiger partial charge in [0.05, 0.1) is 22.2 Å². The summed E-state index contributed by atoms with van der Waals surface area (Å²) < 4.78 is 45.5. The fraction of sp³-hybridized carbons (Fsp3) is 0.160. The number of nitrogens with zero attached hydrogens (tertiary/aromatic N) is 2. The molecule has 9 heteroatoms. The quantitative estimate of drug-likeness (QED) is 0.442. The second-order valence-electron chi connectivity index (χ2n) is 7.64. The number of aryl methyl sites for hydroxylation is 1. The Morgan fingerprint density at radius 1 is 1.03 bits per heavy atom. The standard InChI is InChI=1S/C25H20F3N3O3/c1-15(34-20-7-5-6-17(14-20)25(26,27)28)23(32)30-18-10-12-19(13-11-18)31-16(2)29-22-9-4-3-8-21(22)24(31)33/h3-15H,1-2H3,(H,30,32). The van der Waals surface area contributed by atoms with E-state index in [1.165, 1.54) is 23.6 Å². The molecular weight excluding hydrogens is 447 g/mol. The van der Waals surface area contributed by atoms with E-state index in [0.29, 0.717) is 28.1 Å². The van der Waals surface area contributed by atoms with E-state index in [-0.39, 0.29) is 11.3 Å². The second-order valence-corrected chi connectivity index (χ2v) is 7.64. The number of benzene rings is 3. The van der Waals surface area contributed by atoms with Crippen LogP contribution in [-0.2, 0) is 11.0 Å². The summed E-state index contributed by atoms with van der Waals surface area (Å²) in [6.07, 6.45) is -5.55. The predicted octanol–water partition coefficient (Wildman–Crippen LogP) is 5.12. The molecule has 0 saturated heterocycles. The van der Waals surface area contributed by atoms with E-state index in [9.17, 15) is 22.8 Å². The molecule has 0 fully saturated rings. The van der Waals surface area contributed by atoms with Crippen molar-refractivity contribution >= 4 is 22.5 Å². The summed E-state index contributed by atoms with van der Waals surface area (Å²) in [4.78, 5) is 29.9. The molecule has 4 aromatic rings. The Labute approximate surface area is 192 Å². The molecular formula is C25H20F3N3O3. The van der Waals surface area contributed by atoms with E-state index in [4.69, 9.17) is 4.74 Å². The predicted molar refractivity (Wildman–Crippen MR) is 122 cm³/mol. The third-order valence-electron chi connectivity index (χ3n) is 5.18. The van der Waals surface area contributed by atoms with E-state index >= 15 is 0 Å². The van der Waals surface area contributed by atoms with Crippen LogP contribution >= 0.6 is 0 Å². The number of fused-ring (bicyclic) bond motifs is 1. The third-order valence-corrected chi connectivity index (χ3v) is 5.18. The van der Waals surface area contributed by atoms with Gasteiger partial charge in [0.15, 0.2) is 6.10 Å². The summed E-state index contributed by atoms with van der Waals surface area (Å²) in [6.45, 7) is 3.17. The Bertz CT molecular complexity index is 1410. The molecule has 1 heterocycles. The van der Waals surface area contributed by atoms with E-state index < -0.39 is 23.8 Å². The second kappa shape index (κ2) is 9.01. The Balaban J connectivity index is 1.49. The first-order chi connectivity index (χ1) is 16.1. The van der Waals surface area contributed by atoms with Crippen LogP contribution in [0.5, 0.6) is 5.75 Å². The Kier molecular flexibility index (Phi) is 6.10. The van der Waals surface area contributed by atoms with Crippen molar-refractivity contribution in [2.24, 2.45) is 0 Å². The summed E-state index contributed by atoms with van der Waals surface area (Å²) in [6, 6.07) is 18.0. The number of ether oxygens (including phenoxy) is 1. The Morgan fingerprint density at radius 3 is 2.44 bits per heavy atom. The molecule has 1 atom stereocenters. The Morgan fingerprint density at radius 2 is 1.74 bits per heavy atom. The fourth-order valence-electron chi connectivity index (χ4n) is 3.49. The molecule has 4 rings (SSSR count). The Hall–Kier alpha value is -4.14. The lowest BCUT2D eigenvalue weighted by molar-refractivity contribution is -0.137. The number of anilines is 1. The minimum absolute atomic E-state index is 0.0634. The molecule has 3 aromatic carbocycles. The number of para-hydroxylation sites is 1. The number of aromatic nitrogens is 2. The first-order valence-electron chi connectivity index (χ1n) is 10.4. The highest BCUT2D eigenvalue weighted by atomic mass is 19.4. The summed E-state index contributed by atoms with van der Waals surface area (Å²) in [5.41, 5.74) is 0.560. The number of carbonyl (C=O) groups excluding carboxylic acids is 1. The maximum absolute atomic E-state index is 12.9. The lowest BCUT2D eigenvalue weighted by atomic mass is 10.2. The SMILES string of the molecule is Cc1nc2ccccc2c(=O)n1-c1ccc(NC(=O)C(C)Oc2cccc(C(F)(F)F)c2)cc1. The van der Waals surface area contributed by atoms with Crippen LogP contribution in [0.1, 0.15) is 18.3 Å². The van der Waals surface area contributed by atoms with E-state index in [1.807, 2.05) is 6.07 Å². The smallest absolute Gasteiger partial charge is 0.416 e. The van der Waals surface area contributed by atoms with Gasteiger partial charge in [0.25, 0.3) is 11.5 Å². The van der Waals surface area contributed by atoms with Crippen LogP contribution in [-0.4, -0.2) is 21.6 Å². The number of carbonyl (C=O) groups is 1. The molecule has 1 amide bonds. The van der Waals surface area contributed by atoms with Crippen LogP contribution in [0.3, 0.4) is 0 Å².